The summed E-state index contributed by atoms with van der Waals surface area (Å²) >= 11 is 0. The van der Waals surface area contributed by atoms with Crippen LogP contribution in [0, 0.1) is 11.8 Å². The van der Waals surface area contributed by atoms with Crippen molar-refractivity contribution in [3.63, 3.8) is 0 Å². The number of furan rings is 1. The Labute approximate surface area is 166 Å². The van der Waals surface area contributed by atoms with E-state index in [1.807, 2.05) is 42.5 Å². The number of nitrogens with one attached hydrogen (secondary N) is 1. The molecule has 0 aliphatic carbocycles. The monoisotopic (exact) mass is 384 g/mol. The number of anilines is 1. The van der Waals surface area contributed by atoms with Crippen LogP contribution in [-0.4, -0.2) is 21.0 Å². The zero-order valence-corrected chi connectivity index (χ0v) is 15.3. The average Bonchev–Trinajstić information content (AvgIpc) is 3.44. The lowest BCUT2D eigenvalue weighted by molar-refractivity contribution is -0.116. The third kappa shape index (κ3) is 4.96. The van der Waals surface area contributed by atoms with Gasteiger partial charge in [-0.1, -0.05) is 23.2 Å². The molecule has 0 unspecified atom stereocenters. The van der Waals surface area contributed by atoms with E-state index in [9.17, 15) is 4.79 Å². The van der Waals surface area contributed by atoms with Gasteiger partial charge in [0, 0.05) is 30.3 Å². The zero-order valence-electron chi connectivity index (χ0n) is 15.3. The van der Waals surface area contributed by atoms with E-state index in [-0.39, 0.29) is 12.3 Å². The van der Waals surface area contributed by atoms with Gasteiger partial charge in [-0.25, -0.2) is 4.98 Å². The largest absolute Gasteiger partial charge is 0.461 e. The summed E-state index contributed by atoms with van der Waals surface area (Å²) in [6.45, 7) is 0. The van der Waals surface area contributed by atoms with E-state index in [1.165, 1.54) is 6.26 Å². The summed E-state index contributed by atoms with van der Waals surface area (Å²) in [5.41, 5.74) is 2.15. The molecule has 0 radical (unpaired) electrons. The molecular weight excluding hydrogens is 368 g/mol. The number of aromatic nitrogens is 3. The highest BCUT2D eigenvalue weighted by atomic mass is 16.5. The highest BCUT2D eigenvalue weighted by Crippen LogP contribution is 2.16. The summed E-state index contributed by atoms with van der Waals surface area (Å²) in [4.78, 5) is 20.6. The van der Waals surface area contributed by atoms with Crippen molar-refractivity contribution in [1.82, 2.24) is 15.1 Å². The Morgan fingerprint density at radius 2 is 2.03 bits per heavy atom. The van der Waals surface area contributed by atoms with Crippen LogP contribution in [0.1, 0.15) is 23.6 Å². The molecule has 7 nitrogen and oxygen atoms in total. The van der Waals surface area contributed by atoms with Crippen molar-refractivity contribution in [2.24, 2.45) is 0 Å². The number of aryl methyl sites for hydroxylation is 1. The number of nitrogens with zero attached hydrogens (tertiary/aromatic N) is 3. The average molecular weight is 384 g/mol. The maximum atomic E-state index is 12.2. The number of pyridine rings is 1. The topological polar surface area (TPSA) is 94.0 Å². The maximum Gasteiger partial charge on any atom is 0.238 e. The summed E-state index contributed by atoms with van der Waals surface area (Å²) in [6.07, 6.45) is 3.78. The first-order chi connectivity index (χ1) is 14.3. The van der Waals surface area contributed by atoms with E-state index in [1.54, 1.807) is 18.3 Å². The summed E-state index contributed by atoms with van der Waals surface area (Å²) in [6, 6.07) is 16.4. The minimum Gasteiger partial charge on any atom is -0.461 e. The van der Waals surface area contributed by atoms with Gasteiger partial charge in [0.25, 0.3) is 0 Å². The van der Waals surface area contributed by atoms with E-state index >= 15 is 0 Å². The lowest BCUT2D eigenvalue weighted by Gasteiger charge is -2.04. The first kappa shape index (κ1) is 18.2. The van der Waals surface area contributed by atoms with E-state index in [0.29, 0.717) is 35.3 Å². The Kier molecular flexibility index (Phi) is 5.44. The molecule has 0 saturated heterocycles. The summed E-state index contributed by atoms with van der Waals surface area (Å²) in [5.74, 6) is 7.14. The van der Waals surface area contributed by atoms with Crippen LogP contribution in [0.2, 0.25) is 0 Å². The van der Waals surface area contributed by atoms with Crippen molar-refractivity contribution in [2.45, 2.75) is 12.8 Å². The first-order valence-corrected chi connectivity index (χ1v) is 8.96. The molecule has 1 N–H and O–H groups in total. The molecule has 4 aromatic rings. The normalized spacial score (nSPS) is 10.2. The Hall–Kier alpha value is -4.18. The Bertz CT molecular complexity index is 1160. The molecule has 1 amide bonds. The molecular formula is C22H16N4O3. The van der Waals surface area contributed by atoms with Gasteiger partial charge in [0.15, 0.2) is 5.76 Å². The second kappa shape index (κ2) is 8.67. The predicted molar refractivity (Wildman–Crippen MR) is 106 cm³/mol. The first-order valence-electron chi connectivity index (χ1n) is 8.96. The maximum absolute atomic E-state index is 12.2. The molecule has 0 aliphatic rings. The van der Waals surface area contributed by atoms with Gasteiger partial charge in [0.2, 0.25) is 17.6 Å². The molecule has 1 aromatic carbocycles. The van der Waals surface area contributed by atoms with Gasteiger partial charge < -0.3 is 14.3 Å². The van der Waals surface area contributed by atoms with Crippen LogP contribution in [0.3, 0.4) is 0 Å². The van der Waals surface area contributed by atoms with Crippen LogP contribution < -0.4 is 5.32 Å². The van der Waals surface area contributed by atoms with Gasteiger partial charge in [0.1, 0.15) is 5.69 Å². The van der Waals surface area contributed by atoms with Crippen LogP contribution in [0.5, 0.6) is 0 Å². The minimum atomic E-state index is -0.155. The number of hydrogen-bond donors (Lipinski definition) is 1. The van der Waals surface area contributed by atoms with E-state index in [0.717, 1.165) is 5.56 Å². The number of carbonyl (C=O) groups is 1. The number of amides is 1. The summed E-state index contributed by atoms with van der Waals surface area (Å²) in [5, 5.41) is 6.70. The fourth-order valence-electron chi connectivity index (χ4n) is 2.55. The fraction of sp³-hybridized carbons (Fsp3) is 0.0909. The molecule has 142 valence electrons. The van der Waals surface area contributed by atoms with E-state index < -0.39 is 0 Å². The highest BCUT2D eigenvalue weighted by Gasteiger charge is 2.12. The lowest BCUT2D eigenvalue weighted by Crippen LogP contribution is -2.12. The number of rotatable bonds is 5. The molecule has 0 atom stereocenters. The van der Waals surface area contributed by atoms with Gasteiger partial charge in [-0.05, 0) is 48.4 Å². The van der Waals surface area contributed by atoms with Gasteiger partial charge >= 0.3 is 0 Å². The molecule has 7 heteroatoms. The Morgan fingerprint density at radius 3 is 2.86 bits per heavy atom. The molecule has 0 aliphatic heterocycles. The van der Waals surface area contributed by atoms with Crippen LogP contribution in [-0.2, 0) is 11.2 Å². The highest BCUT2D eigenvalue weighted by molar-refractivity contribution is 5.90. The molecule has 0 saturated carbocycles. The predicted octanol–water partition coefficient (Wildman–Crippen LogP) is 3.70. The summed E-state index contributed by atoms with van der Waals surface area (Å²) in [7, 11) is 0. The van der Waals surface area contributed by atoms with Gasteiger partial charge in [-0.2, -0.15) is 4.98 Å². The second-order valence-electron chi connectivity index (χ2n) is 6.08. The third-order valence-electron chi connectivity index (χ3n) is 3.92. The second-order valence-corrected chi connectivity index (χ2v) is 6.08. The van der Waals surface area contributed by atoms with Crippen molar-refractivity contribution >= 4 is 11.6 Å². The van der Waals surface area contributed by atoms with Crippen molar-refractivity contribution in [1.29, 1.82) is 0 Å². The number of benzene rings is 1. The zero-order chi connectivity index (χ0) is 19.9. The molecule has 4 rings (SSSR count). The standard InChI is InChI=1S/C22H16N4O3/c27-20(11-12-21-25-22(26-29-21)19-8-4-14-28-19)24-18-7-3-5-16(15-18)9-10-17-6-1-2-13-23-17/h1-8,13-15H,11-12H2,(H,24,27). The smallest absolute Gasteiger partial charge is 0.238 e. The molecule has 0 bridgehead atoms. The minimum absolute atomic E-state index is 0.155. The van der Waals surface area contributed by atoms with E-state index in [2.05, 4.69) is 32.3 Å². The van der Waals surface area contributed by atoms with Crippen molar-refractivity contribution in [3.8, 4) is 23.4 Å². The van der Waals surface area contributed by atoms with Crippen molar-refractivity contribution < 1.29 is 13.7 Å². The molecule has 29 heavy (non-hydrogen) atoms. The van der Waals surface area contributed by atoms with Gasteiger partial charge in [-0.15, -0.1) is 0 Å². The quantitative estimate of drug-likeness (QED) is 0.527. The van der Waals surface area contributed by atoms with Crippen LogP contribution in [0.4, 0.5) is 5.69 Å². The third-order valence-corrected chi connectivity index (χ3v) is 3.92. The molecule has 0 fully saturated rings. The van der Waals surface area contributed by atoms with Crippen LogP contribution in [0.25, 0.3) is 11.6 Å². The van der Waals surface area contributed by atoms with E-state index in [4.69, 9.17) is 8.94 Å². The Morgan fingerprint density at radius 1 is 1.07 bits per heavy atom. The summed E-state index contributed by atoms with van der Waals surface area (Å²) < 4.78 is 10.4. The SMILES string of the molecule is O=C(CCc1nc(-c2ccco2)no1)Nc1cccc(C#Cc2ccccn2)c1. The number of carbonyl (C=O) groups excluding carboxylic acids is 1. The van der Waals surface area contributed by atoms with Crippen molar-refractivity contribution in [3.05, 3.63) is 84.2 Å². The molecule has 3 aromatic heterocycles. The Balaban J connectivity index is 1.33. The molecule has 3 heterocycles. The lowest BCUT2D eigenvalue weighted by atomic mass is 10.2. The molecule has 0 spiro atoms. The number of hydrogen-bond acceptors (Lipinski definition) is 6. The fourth-order valence-corrected chi connectivity index (χ4v) is 2.55. The van der Waals surface area contributed by atoms with Crippen molar-refractivity contribution in [2.75, 3.05) is 5.32 Å². The van der Waals surface area contributed by atoms with Crippen LogP contribution in [0.15, 0.2) is 76.0 Å². The van der Waals surface area contributed by atoms with Gasteiger partial charge in [-0.3, -0.25) is 4.79 Å². The van der Waals surface area contributed by atoms with Crippen LogP contribution >= 0.6 is 0 Å². The van der Waals surface area contributed by atoms with Gasteiger partial charge in [0.05, 0.1) is 6.26 Å².